The quantitative estimate of drug-likeness (QED) is 0.585. The Morgan fingerprint density at radius 3 is 2.81 bits per heavy atom. The minimum absolute atomic E-state index is 0.0538. The fourth-order valence-electron chi connectivity index (χ4n) is 4.47. The third kappa shape index (κ3) is 1.40. The molecule has 0 amide bonds. The van der Waals surface area contributed by atoms with Gasteiger partial charge in [-0.05, 0) is 31.4 Å². The highest BCUT2D eigenvalue weighted by molar-refractivity contribution is 5.93. The van der Waals surface area contributed by atoms with Crippen molar-refractivity contribution in [3.05, 3.63) is 22.8 Å². The average Bonchev–Trinajstić information content (AvgIpc) is 3.00. The first kappa shape index (κ1) is 13.5. The van der Waals surface area contributed by atoms with Crippen LogP contribution in [0.1, 0.15) is 33.6 Å². The lowest BCUT2D eigenvalue weighted by Crippen LogP contribution is -2.38. The van der Waals surface area contributed by atoms with Crippen LogP contribution in [-0.4, -0.2) is 41.3 Å². The van der Waals surface area contributed by atoms with Gasteiger partial charge in [0.1, 0.15) is 5.60 Å². The highest BCUT2D eigenvalue weighted by Crippen LogP contribution is 2.65. The Morgan fingerprint density at radius 2 is 2.14 bits per heavy atom. The smallest absolute Gasteiger partial charge is 0.337 e. The zero-order valence-corrected chi connectivity index (χ0v) is 12.7. The molecule has 5 nitrogen and oxygen atoms in total. The Balaban J connectivity index is 1.95. The summed E-state index contributed by atoms with van der Waals surface area (Å²) in [7, 11) is 1.55. The van der Waals surface area contributed by atoms with Gasteiger partial charge in [0, 0.05) is 31.1 Å². The molecular formula is C16H20O5. The van der Waals surface area contributed by atoms with Crippen LogP contribution < -0.4 is 0 Å². The van der Waals surface area contributed by atoms with E-state index < -0.39 is 17.0 Å². The summed E-state index contributed by atoms with van der Waals surface area (Å²) < 4.78 is 17.1. The molecule has 5 heteroatoms. The Morgan fingerprint density at radius 1 is 1.43 bits per heavy atom. The van der Waals surface area contributed by atoms with Gasteiger partial charge in [0.15, 0.2) is 0 Å². The van der Waals surface area contributed by atoms with Crippen molar-refractivity contribution in [3.8, 4) is 0 Å². The maximum Gasteiger partial charge on any atom is 0.337 e. The van der Waals surface area contributed by atoms with Crippen LogP contribution in [0.25, 0.3) is 0 Å². The number of hydrogen-bond donors (Lipinski definition) is 1. The van der Waals surface area contributed by atoms with Gasteiger partial charge in [0.25, 0.3) is 0 Å². The highest BCUT2D eigenvalue weighted by atomic mass is 16.7. The minimum Gasteiger partial charge on any atom is -0.425 e. The maximum absolute atomic E-state index is 12.0. The summed E-state index contributed by atoms with van der Waals surface area (Å²) in [5.41, 5.74) is 0.816. The molecule has 0 aromatic heterocycles. The molecule has 0 radical (unpaired) electrons. The van der Waals surface area contributed by atoms with Crippen LogP contribution in [-0.2, 0) is 19.0 Å². The molecule has 2 fully saturated rings. The summed E-state index contributed by atoms with van der Waals surface area (Å²) in [6.07, 6.45) is 3.08. The number of fused-ring (bicyclic) bond motifs is 1. The maximum atomic E-state index is 12.0. The lowest BCUT2D eigenvalue weighted by molar-refractivity contribution is -0.197. The van der Waals surface area contributed by atoms with Crippen molar-refractivity contribution < 1.29 is 24.1 Å². The Labute approximate surface area is 123 Å². The second-order valence-corrected chi connectivity index (χ2v) is 6.93. The van der Waals surface area contributed by atoms with Crippen molar-refractivity contribution >= 4 is 5.97 Å². The van der Waals surface area contributed by atoms with E-state index in [9.17, 15) is 9.90 Å². The molecule has 114 valence electrons. The van der Waals surface area contributed by atoms with Crippen molar-refractivity contribution in [1.82, 2.24) is 0 Å². The fraction of sp³-hybridized carbons (Fsp3) is 0.688. The number of epoxide rings is 1. The van der Waals surface area contributed by atoms with Gasteiger partial charge < -0.3 is 19.3 Å². The molecule has 0 aromatic rings. The van der Waals surface area contributed by atoms with E-state index >= 15 is 0 Å². The van der Waals surface area contributed by atoms with E-state index in [1.807, 2.05) is 13.0 Å². The van der Waals surface area contributed by atoms with Crippen LogP contribution in [0.3, 0.4) is 0 Å². The van der Waals surface area contributed by atoms with Crippen LogP contribution in [0, 0.1) is 5.92 Å². The van der Waals surface area contributed by atoms with Crippen molar-refractivity contribution in [2.24, 2.45) is 5.92 Å². The van der Waals surface area contributed by atoms with Crippen LogP contribution >= 0.6 is 0 Å². The van der Waals surface area contributed by atoms with E-state index in [4.69, 9.17) is 14.2 Å². The van der Waals surface area contributed by atoms with Gasteiger partial charge in [0.2, 0.25) is 5.79 Å². The number of hydrogen-bond acceptors (Lipinski definition) is 5. The molecule has 5 atom stereocenters. The SMILES string of the molecule is CO[C@]12C[C@@H](C)[C@@]34O[C@@H]3C[C@](C)(O)C4=CC1=C(C)C(=O)O2. The van der Waals surface area contributed by atoms with Crippen molar-refractivity contribution in [3.63, 3.8) is 0 Å². The molecule has 4 rings (SSSR count). The lowest BCUT2D eigenvalue weighted by Gasteiger charge is -2.30. The first-order chi connectivity index (χ1) is 9.77. The highest BCUT2D eigenvalue weighted by Gasteiger charge is 2.73. The summed E-state index contributed by atoms with van der Waals surface area (Å²) in [5.74, 6) is -1.30. The van der Waals surface area contributed by atoms with Gasteiger partial charge in [-0.15, -0.1) is 0 Å². The normalized spacial score (nSPS) is 50.9. The minimum atomic E-state index is -1.04. The molecule has 1 spiro atoms. The van der Waals surface area contributed by atoms with E-state index in [2.05, 4.69) is 6.92 Å². The van der Waals surface area contributed by atoms with Crippen molar-refractivity contribution in [2.45, 2.75) is 56.7 Å². The molecular weight excluding hydrogens is 272 g/mol. The van der Waals surface area contributed by atoms with Gasteiger partial charge in [-0.1, -0.05) is 6.92 Å². The third-order valence-corrected chi connectivity index (χ3v) is 5.65. The molecule has 21 heavy (non-hydrogen) atoms. The van der Waals surface area contributed by atoms with Gasteiger partial charge in [-0.25, -0.2) is 4.79 Å². The largest absolute Gasteiger partial charge is 0.425 e. The van der Waals surface area contributed by atoms with Crippen LogP contribution in [0.15, 0.2) is 22.8 Å². The monoisotopic (exact) mass is 292 g/mol. The molecule has 1 saturated heterocycles. The topological polar surface area (TPSA) is 68.3 Å². The Bertz CT molecular complexity index is 616. The molecule has 1 N–H and O–H groups in total. The lowest BCUT2D eigenvalue weighted by atomic mass is 9.83. The molecule has 1 saturated carbocycles. The van der Waals surface area contributed by atoms with Crippen molar-refractivity contribution in [1.29, 1.82) is 0 Å². The predicted molar refractivity (Wildman–Crippen MR) is 73.2 cm³/mol. The average molecular weight is 292 g/mol. The van der Waals surface area contributed by atoms with E-state index in [1.54, 1.807) is 14.0 Å². The van der Waals surface area contributed by atoms with Gasteiger partial charge >= 0.3 is 5.97 Å². The van der Waals surface area contributed by atoms with E-state index in [-0.39, 0.29) is 18.0 Å². The molecule has 2 heterocycles. The molecule has 2 aliphatic heterocycles. The second kappa shape index (κ2) is 3.59. The Hall–Kier alpha value is -1.17. The molecule has 0 unspecified atom stereocenters. The van der Waals surface area contributed by atoms with Gasteiger partial charge in [0.05, 0.1) is 11.7 Å². The van der Waals surface area contributed by atoms with Crippen LogP contribution in [0.2, 0.25) is 0 Å². The molecule has 0 bridgehead atoms. The van der Waals surface area contributed by atoms with E-state index in [0.717, 1.165) is 11.1 Å². The zero-order valence-electron chi connectivity index (χ0n) is 12.7. The first-order valence-electron chi connectivity index (χ1n) is 7.39. The van der Waals surface area contributed by atoms with Gasteiger partial charge in [-0.2, -0.15) is 0 Å². The summed E-state index contributed by atoms with van der Waals surface area (Å²) in [6.45, 7) is 5.63. The first-order valence-corrected chi connectivity index (χ1v) is 7.39. The van der Waals surface area contributed by atoms with Crippen LogP contribution in [0.4, 0.5) is 0 Å². The fourth-order valence-corrected chi connectivity index (χ4v) is 4.47. The second-order valence-electron chi connectivity index (χ2n) is 6.93. The zero-order chi connectivity index (χ0) is 15.2. The number of ether oxygens (including phenoxy) is 3. The molecule has 4 aliphatic rings. The standard InChI is InChI=1S/C16H20O5/c1-8-6-15(19-4)10(9(2)13(17)21-15)5-11-14(3,18)7-12-16(8,11)20-12/h5,8,12,18H,6-7H2,1-4H3/t8-,12-,14+,15+,16+/m1/s1. The number of methoxy groups -OCH3 is 1. The van der Waals surface area contributed by atoms with E-state index in [1.165, 1.54) is 0 Å². The van der Waals surface area contributed by atoms with E-state index in [0.29, 0.717) is 18.4 Å². The molecule has 2 aliphatic carbocycles. The number of esters is 1. The predicted octanol–water partition coefficient (Wildman–Crippen LogP) is 1.46. The van der Waals surface area contributed by atoms with Crippen molar-refractivity contribution in [2.75, 3.05) is 7.11 Å². The number of rotatable bonds is 1. The summed E-state index contributed by atoms with van der Waals surface area (Å²) in [5, 5.41) is 10.7. The van der Waals surface area contributed by atoms with Gasteiger partial charge in [-0.3, -0.25) is 0 Å². The summed E-state index contributed by atoms with van der Waals surface area (Å²) >= 11 is 0. The van der Waals surface area contributed by atoms with Crippen LogP contribution in [0.5, 0.6) is 0 Å². The number of carbonyl (C=O) groups excluding carboxylic acids is 1. The Kier molecular flexibility index (Phi) is 2.31. The summed E-state index contributed by atoms with van der Waals surface area (Å²) in [4.78, 5) is 12.0. The third-order valence-electron chi connectivity index (χ3n) is 5.65. The number of carbonyl (C=O) groups is 1. The number of aliphatic hydroxyl groups is 1. The summed E-state index contributed by atoms with van der Waals surface area (Å²) in [6, 6.07) is 0. The molecule has 0 aromatic carbocycles.